The zero-order chi connectivity index (χ0) is 16.7. The van der Waals surface area contributed by atoms with Crippen LogP contribution < -0.4 is 16.2 Å². The summed E-state index contributed by atoms with van der Waals surface area (Å²) in [6.07, 6.45) is 2.88. The van der Waals surface area contributed by atoms with E-state index in [-0.39, 0.29) is 11.0 Å². The molecule has 1 aromatic carbocycles. The van der Waals surface area contributed by atoms with Crippen molar-refractivity contribution in [3.63, 3.8) is 0 Å². The van der Waals surface area contributed by atoms with Gasteiger partial charge in [-0.25, -0.2) is 0 Å². The van der Waals surface area contributed by atoms with Crippen LogP contribution in [0.2, 0.25) is 5.02 Å². The summed E-state index contributed by atoms with van der Waals surface area (Å²) in [7, 11) is 0. The number of hydrazine groups is 1. The summed E-state index contributed by atoms with van der Waals surface area (Å²) < 4.78 is 0. The van der Waals surface area contributed by atoms with Crippen LogP contribution in [0.25, 0.3) is 6.08 Å². The van der Waals surface area contributed by atoms with Gasteiger partial charge < -0.3 is 0 Å². The van der Waals surface area contributed by atoms with Gasteiger partial charge >= 0.3 is 0 Å². The quantitative estimate of drug-likeness (QED) is 0.444. The average Bonchev–Trinajstić information content (AvgIpc) is 3.06. The van der Waals surface area contributed by atoms with Crippen LogP contribution >= 0.6 is 35.2 Å². The summed E-state index contributed by atoms with van der Waals surface area (Å²) in [5.41, 5.74) is 5.57. The third-order valence-corrected chi connectivity index (χ3v) is 4.01. The summed E-state index contributed by atoms with van der Waals surface area (Å²) in [4.78, 5) is 23.9. The number of halogens is 1. The zero-order valence-corrected chi connectivity index (χ0v) is 14.1. The lowest BCUT2D eigenvalue weighted by molar-refractivity contribution is -0.115. The number of thiophene rings is 1. The Bertz CT molecular complexity index is 745. The maximum atomic E-state index is 11.7. The normalized spacial score (nSPS) is 10.3. The van der Waals surface area contributed by atoms with Gasteiger partial charge in [0.15, 0.2) is 5.11 Å². The minimum absolute atomic E-state index is 0.0104. The first-order valence-electron chi connectivity index (χ1n) is 6.43. The smallest absolute Gasteiger partial charge is 0.279 e. The number of carbonyl (C=O) groups is 2. The summed E-state index contributed by atoms with van der Waals surface area (Å²) in [5, 5.41) is 4.73. The Morgan fingerprint density at radius 1 is 1.13 bits per heavy atom. The average molecular weight is 366 g/mol. The van der Waals surface area contributed by atoms with Gasteiger partial charge in [-0.05, 0) is 41.4 Å². The van der Waals surface area contributed by atoms with E-state index < -0.39 is 5.91 Å². The Kier molecular flexibility index (Phi) is 6.28. The van der Waals surface area contributed by atoms with E-state index in [0.717, 1.165) is 0 Å². The first-order valence-corrected chi connectivity index (χ1v) is 8.10. The molecule has 2 rings (SSSR count). The van der Waals surface area contributed by atoms with E-state index in [1.54, 1.807) is 41.8 Å². The second-order valence-electron chi connectivity index (χ2n) is 4.23. The summed E-state index contributed by atoms with van der Waals surface area (Å²) in [5.74, 6) is -0.768. The predicted molar refractivity (Wildman–Crippen MR) is 96.1 cm³/mol. The molecule has 118 valence electrons. The molecule has 0 bridgehead atoms. The maximum absolute atomic E-state index is 11.7. The molecule has 0 aliphatic heterocycles. The van der Waals surface area contributed by atoms with E-state index in [0.29, 0.717) is 15.5 Å². The second kappa shape index (κ2) is 8.42. The van der Waals surface area contributed by atoms with Crippen LogP contribution in [0.15, 0.2) is 47.9 Å². The van der Waals surface area contributed by atoms with Crippen molar-refractivity contribution in [1.29, 1.82) is 0 Å². The number of nitrogens with one attached hydrogen (secondary N) is 3. The highest BCUT2D eigenvalue weighted by atomic mass is 35.5. The van der Waals surface area contributed by atoms with Crippen molar-refractivity contribution in [2.45, 2.75) is 0 Å². The van der Waals surface area contributed by atoms with Gasteiger partial charge in [0.1, 0.15) is 0 Å². The van der Waals surface area contributed by atoms with Crippen molar-refractivity contribution in [1.82, 2.24) is 16.2 Å². The van der Waals surface area contributed by atoms with Crippen LogP contribution in [-0.4, -0.2) is 16.9 Å². The van der Waals surface area contributed by atoms with E-state index in [1.165, 1.54) is 17.4 Å². The van der Waals surface area contributed by atoms with Gasteiger partial charge in [-0.3, -0.25) is 25.8 Å². The number of hydrogen-bond acceptors (Lipinski definition) is 4. The van der Waals surface area contributed by atoms with Crippen molar-refractivity contribution in [3.05, 3.63) is 63.3 Å². The van der Waals surface area contributed by atoms with E-state index >= 15 is 0 Å². The summed E-state index contributed by atoms with van der Waals surface area (Å²) in [6.45, 7) is 0. The molecule has 3 N–H and O–H groups in total. The molecule has 0 radical (unpaired) electrons. The van der Waals surface area contributed by atoms with Crippen molar-refractivity contribution < 1.29 is 9.59 Å². The molecule has 0 aliphatic carbocycles. The molecule has 0 atom stereocenters. The Hall–Kier alpha value is -2.22. The molecule has 8 heteroatoms. The first-order chi connectivity index (χ1) is 11.1. The van der Waals surface area contributed by atoms with Crippen LogP contribution in [0, 0.1) is 0 Å². The highest BCUT2D eigenvalue weighted by molar-refractivity contribution is 7.80. The highest BCUT2D eigenvalue weighted by Crippen LogP contribution is 2.15. The van der Waals surface area contributed by atoms with Gasteiger partial charge in [-0.2, -0.15) is 0 Å². The Morgan fingerprint density at radius 3 is 2.61 bits per heavy atom. The van der Waals surface area contributed by atoms with Gasteiger partial charge in [0.2, 0.25) is 5.91 Å². The summed E-state index contributed by atoms with van der Waals surface area (Å²) in [6, 6.07) is 10.6. The second-order valence-corrected chi connectivity index (χ2v) is 5.99. The van der Waals surface area contributed by atoms with Crippen LogP contribution in [0.4, 0.5) is 0 Å². The van der Waals surface area contributed by atoms with E-state index in [1.807, 2.05) is 6.07 Å². The molecule has 23 heavy (non-hydrogen) atoms. The molecule has 0 aliphatic rings. The van der Waals surface area contributed by atoms with Crippen molar-refractivity contribution >= 4 is 58.2 Å². The number of benzene rings is 1. The molecule has 2 aromatic rings. The van der Waals surface area contributed by atoms with Gasteiger partial charge in [-0.1, -0.05) is 35.9 Å². The Balaban J connectivity index is 1.80. The largest absolute Gasteiger partial charge is 0.298 e. The Morgan fingerprint density at radius 2 is 1.91 bits per heavy atom. The molecule has 5 nitrogen and oxygen atoms in total. The minimum Gasteiger partial charge on any atom is -0.298 e. The number of rotatable bonds is 3. The van der Waals surface area contributed by atoms with Gasteiger partial charge in [0.25, 0.3) is 5.91 Å². The van der Waals surface area contributed by atoms with Crippen LogP contribution in [-0.2, 0) is 4.79 Å². The zero-order valence-electron chi connectivity index (χ0n) is 11.7. The molecule has 0 saturated heterocycles. The van der Waals surface area contributed by atoms with Crippen LogP contribution in [0.1, 0.15) is 15.2 Å². The molecule has 0 spiro atoms. The molecule has 1 aromatic heterocycles. The minimum atomic E-state index is -0.437. The molecular weight excluding hydrogens is 354 g/mol. The van der Waals surface area contributed by atoms with Crippen molar-refractivity contribution in [2.24, 2.45) is 0 Å². The maximum Gasteiger partial charge on any atom is 0.279 e. The molecule has 0 unspecified atom stereocenters. The van der Waals surface area contributed by atoms with E-state index in [4.69, 9.17) is 23.8 Å². The number of carbonyl (C=O) groups excluding carboxylic acids is 2. The Labute approximate surface area is 147 Å². The number of hydrogen-bond donors (Lipinski definition) is 3. The monoisotopic (exact) mass is 365 g/mol. The molecular formula is C15H12ClN3O2S2. The highest BCUT2D eigenvalue weighted by Gasteiger charge is 2.07. The van der Waals surface area contributed by atoms with Crippen LogP contribution in [0.3, 0.4) is 0 Å². The molecule has 1 heterocycles. The lowest BCUT2D eigenvalue weighted by Gasteiger charge is -2.08. The third-order valence-electron chi connectivity index (χ3n) is 2.59. The van der Waals surface area contributed by atoms with E-state index in [9.17, 15) is 9.59 Å². The third kappa shape index (κ3) is 5.48. The van der Waals surface area contributed by atoms with Crippen molar-refractivity contribution in [3.8, 4) is 0 Å². The van der Waals surface area contributed by atoms with E-state index in [2.05, 4.69) is 16.2 Å². The molecule has 2 amide bonds. The summed E-state index contributed by atoms with van der Waals surface area (Å²) >= 11 is 12.2. The van der Waals surface area contributed by atoms with Gasteiger partial charge in [0, 0.05) is 11.1 Å². The lowest BCUT2D eigenvalue weighted by Crippen LogP contribution is -2.48. The lowest BCUT2D eigenvalue weighted by atomic mass is 10.2. The standard InChI is InChI=1S/C15H12ClN3O2S2/c16-11-5-2-1-4-10(11)7-8-13(20)17-15(22)19-18-14(21)12-6-3-9-23-12/h1-9H,(H,18,21)(H2,17,19,20,22). The number of amides is 2. The molecule has 0 fully saturated rings. The van der Waals surface area contributed by atoms with Crippen LogP contribution in [0.5, 0.6) is 0 Å². The van der Waals surface area contributed by atoms with Gasteiger partial charge in [-0.15, -0.1) is 11.3 Å². The fraction of sp³-hybridized carbons (Fsp3) is 0. The predicted octanol–water partition coefficient (Wildman–Crippen LogP) is 2.75. The van der Waals surface area contributed by atoms with Crippen molar-refractivity contribution in [2.75, 3.05) is 0 Å². The topological polar surface area (TPSA) is 70.2 Å². The number of thiocarbonyl (C=S) groups is 1. The fourth-order valence-electron chi connectivity index (χ4n) is 1.54. The molecule has 0 saturated carbocycles. The van der Waals surface area contributed by atoms with Gasteiger partial charge in [0.05, 0.1) is 4.88 Å². The fourth-order valence-corrected chi connectivity index (χ4v) is 2.51. The first kappa shape index (κ1) is 17.1. The SMILES string of the molecule is O=C(C=Cc1ccccc1Cl)NC(=S)NNC(=O)c1cccs1.